The zero-order chi connectivity index (χ0) is 12.4. The largest absolute Gasteiger partial charge is 0.313 e. The van der Waals surface area contributed by atoms with Crippen molar-refractivity contribution < 1.29 is 0 Å². The van der Waals surface area contributed by atoms with Crippen LogP contribution in [-0.2, 0) is 0 Å². The van der Waals surface area contributed by atoms with E-state index in [2.05, 4.69) is 44.8 Å². The lowest BCUT2D eigenvalue weighted by Gasteiger charge is -2.31. The van der Waals surface area contributed by atoms with Crippen molar-refractivity contribution in [3.63, 3.8) is 0 Å². The van der Waals surface area contributed by atoms with Gasteiger partial charge in [-0.05, 0) is 46.2 Å². The Bertz CT molecular complexity index is 148. The fourth-order valence-corrected chi connectivity index (χ4v) is 1.92. The third-order valence-corrected chi connectivity index (χ3v) is 3.26. The molecule has 0 bridgehead atoms. The van der Waals surface area contributed by atoms with Gasteiger partial charge in [0.1, 0.15) is 0 Å². The topological polar surface area (TPSA) is 15.3 Å². The van der Waals surface area contributed by atoms with Crippen molar-refractivity contribution in [2.24, 2.45) is 0 Å². The molecule has 0 saturated carbocycles. The van der Waals surface area contributed by atoms with Crippen molar-refractivity contribution in [1.82, 2.24) is 10.2 Å². The van der Waals surface area contributed by atoms with Gasteiger partial charge in [-0.2, -0.15) is 0 Å². The Labute approximate surface area is 103 Å². The van der Waals surface area contributed by atoms with E-state index in [1.165, 1.54) is 38.8 Å². The van der Waals surface area contributed by atoms with Gasteiger partial charge in [0.2, 0.25) is 0 Å². The van der Waals surface area contributed by atoms with Crippen LogP contribution in [0.3, 0.4) is 0 Å². The van der Waals surface area contributed by atoms with Crippen molar-refractivity contribution >= 4 is 0 Å². The van der Waals surface area contributed by atoms with Gasteiger partial charge in [-0.3, -0.25) is 4.90 Å². The summed E-state index contributed by atoms with van der Waals surface area (Å²) >= 11 is 0. The van der Waals surface area contributed by atoms with Gasteiger partial charge in [0, 0.05) is 18.6 Å². The van der Waals surface area contributed by atoms with Crippen LogP contribution < -0.4 is 5.32 Å². The molecule has 0 amide bonds. The van der Waals surface area contributed by atoms with E-state index < -0.39 is 0 Å². The van der Waals surface area contributed by atoms with Crippen LogP contribution in [0.5, 0.6) is 0 Å². The maximum Gasteiger partial charge on any atom is 0.0166 e. The van der Waals surface area contributed by atoms with E-state index in [4.69, 9.17) is 0 Å². The second-order valence-corrected chi connectivity index (χ2v) is 4.96. The molecule has 0 aromatic rings. The molecule has 0 rings (SSSR count). The van der Waals surface area contributed by atoms with Gasteiger partial charge in [-0.15, -0.1) is 0 Å². The van der Waals surface area contributed by atoms with Crippen LogP contribution in [0.15, 0.2) is 0 Å². The van der Waals surface area contributed by atoms with Crippen molar-refractivity contribution in [1.29, 1.82) is 0 Å². The highest BCUT2D eigenvalue weighted by Crippen LogP contribution is 2.06. The molecule has 0 heterocycles. The maximum absolute atomic E-state index is 3.58. The molecule has 0 saturated heterocycles. The summed E-state index contributed by atoms with van der Waals surface area (Å²) < 4.78 is 0. The second-order valence-electron chi connectivity index (χ2n) is 4.96. The van der Waals surface area contributed by atoms with Crippen LogP contribution in [0.2, 0.25) is 0 Å². The summed E-state index contributed by atoms with van der Waals surface area (Å²) in [6.07, 6.45) is 5.10. The first-order valence-corrected chi connectivity index (χ1v) is 7.13. The molecule has 98 valence electrons. The van der Waals surface area contributed by atoms with E-state index in [-0.39, 0.29) is 0 Å². The van der Waals surface area contributed by atoms with Crippen LogP contribution in [0.4, 0.5) is 0 Å². The summed E-state index contributed by atoms with van der Waals surface area (Å²) in [5, 5.41) is 3.58. The molecule has 0 aliphatic heterocycles. The lowest BCUT2D eigenvalue weighted by Crippen LogP contribution is -2.43. The third-order valence-electron chi connectivity index (χ3n) is 3.26. The number of hydrogen-bond donors (Lipinski definition) is 1. The van der Waals surface area contributed by atoms with E-state index in [1.807, 2.05) is 0 Å². The minimum absolute atomic E-state index is 0.616. The van der Waals surface area contributed by atoms with E-state index >= 15 is 0 Å². The van der Waals surface area contributed by atoms with E-state index in [0.717, 1.165) is 12.6 Å². The molecule has 0 fully saturated rings. The summed E-state index contributed by atoms with van der Waals surface area (Å²) in [5.74, 6) is 0. The van der Waals surface area contributed by atoms with Crippen LogP contribution in [0, 0.1) is 0 Å². The number of hydrogen-bond acceptors (Lipinski definition) is 2. The van der Waals surface area contributed by atoms with E-state index in [1.54, 1.807) is 0 Å². The lowest BCUT2D eigenvalue weighted by atomic mass is 10.1. The monoisotopic (exact) mass is 228 g/mol. The summed E-state index contributed by atoms with van der Waals surface area (Å²) in [5.41, 5.74) is 0. The predicted molar refractivity (Wildman–Crippen MR) is 74.0 cm³/mol. The molecule has 0 aromatic heterocycles. The molecule has 16 heavy (non-hydrogen) atoms. The fraction of sp³-hybridized carbons (Fsp3) is 1.00. The second kappa shape index (κ2) is 10.1. The quantitative estimate of drug-likeness (QED) is 0.617. The summed E-state index contributed by atoms with van der Waals surface area (Å²) in [6, 6.07) is 1.34. The van der Waals surface area contributed by atoms with Gasteiger partial charge in [0.25, 0.3) is 0 Å². The molecule has 0 aliphatic carbocycles. The van der Waals surface area contributed by atoms with Crippen LogP contribution in [0.25, 0.3) is 0 Å². The van der Waals surface area contributed by atoms with Crippen molar-refractivity contribution in [2.45, 2.75) is 72.4 Å². The van der Waals surface area contributed by atoms with Crippen LogP contribution in [0.1, 0.15) is 60.3 Å². The minimum Gasteiger partial charge on any atom is -0.313 e. The zero-order valence-electron chi connectivity index (χ0n) is 12.1. The van der Waals surface area contributed by atoms with E-state index in [9.17, 15) is 0 Å². The average Bonchev–Trinajstić information content (AvgIpc) is 2.30. The SMILES string of the molecule is CCCCN(CC(C)NCCC)C(C)CC. The van der Waals surface area contributed by atoms with Crippen molar-refractivity contribution in [3.05, 3.63) is 0 Å². The molecular weight excluding hydrogens is 196 g/mol. The minimum atomic E-state index is 0.616. The van der Waals surface area contributed by atoms with Crippen LogP contribution in [-0.4, -0.2) is 36.6 Å². The molecule has 1 N–H and O–H groups in total. The molecule has 0 spiro atoms. The normalized spacial score (nSPS) is 15.4. The first kappa shape index (κ1) is 15.9. The van der Waals surface area contributed by atoms with Gasteiger partial charge >= 0.3 is 0 Å². The van der Waals surface area contributed by atoms with Gasteiger partial charge in [-0.1, -0.05) is 27.2 Å². The number of nitrogens with one attached hydrogen (secondary N) is 1. The Kier molecular flexibility index (Phi) is 10.0. The molecular formula is C14H32N2. The first-order valence-electron chi connectivity index (χ1n) is 7.13. The summed E-state index contributed by atoms with van der Waals surface area (Å²) in [4.78, 5) is 2.64. The lowest BCUT2D eigenvalue weighted by molar-refractivity contribution is 0.183. The predicted octanol–water partition coefficient (Wildman–Crippen LogP) is 3.28. The number of unbranched alkanes of at least 4 members (excludes halogenated alkanes) is 1. The average molecular weight is 228 g/mol. The van der Waals surface area contributed by atoms with Crippen molar-refractivity contribution in [3.8, 4) is 0 Å². The van der Waals surface area contributed by atoms with Crippen LogP contribution >= 0.6 is 0 Å². The Morgan fingerprint density at radius 1 is 1.06 bits per heavy atom. The van der Waals surface area contributed by atoms with Gasteiger partial charge < -0.3 is 5.32 Å². The fourth-order valence-electron chi connectivity index (χ4n) is 1.92. The molecule has 0 radical (unpaired) electrons. The Morgan fingerprint density at radius 2 is 1.75 bits per heavy atom. The Morgan fingerprint density at radius 3 is 2.25 bits per heavy atom. The van der Waals surface area contributed by atoms with Crippen molar-refractivity contribution in [2.75, 3.05) is 19.6 Å². The molecule has 2 nitrogen and oxygen atoms in total. The standard InChI is InChI=1S/C14H32N2/c1-6-9-11-16(14(5)8-3)12-13(4)15-10-7-2/h13-15H,6-12H2,1-5H3. The molecule has 2 heteroatoms. The smallest absolute Gasteiger partial charge is 0.0166 e. The maximum atomic E-state index is 3.58. The molecule has 2 unspecified atom stereocenters. The molecule has 0 aromatic carbocycles. The number of rotatable bonds is 10. The highest BCUT2D eigenvalue weighted by atomic mass is 15.2. The molecule has 0 aliphatic rings. The summed E-state index contributed by atoms with van der Waals surface area (Å²) in [6.45, 7) is 15.0. The molecule has 2 atom stereocenters. The first-order chi connectivity index (χ1) is 7.65. The highest BCUT2D eigenvalue weighted by Gasteiger charge is 2.14. The third kappa shape index (κ3) is 7.24. The van der Waals surface area contributed by atoms with E-state index in [0.29, 0.717) is 6.04 Å². The van der Waals surface area contributed by atoms with Gasteiger partial charge in [0.05, 0.1) is 0 Å². The van der Waals surface area contributed by atoms with Gasteiger partial charge in [0.15, 0.2) is 0 Å². The summed E-state index contributed by atoms with van der Waals surface area (Å²) in [7, 11) is 0. The Hall–Kier alpha value is -0.0800. The number of nitrogens with zero attached hydrogens (tertiary/aromatic N) is 1. The highest BCUT2D eigenvalue weighted by molar-refractivity contribution is 4.72. The Balaban J connectivity index is 3.97. The van der Waals surface area contributed by atoms with Gasteiger partial charge in [-0.25, -0.2) is 0 Å². The zero-order valence-corrected chi connectivity index (χ0v) is 12.1.